The van der Waals surface area contributed by atoms with E-state index < -0.39 is 0 Å². The predicted octanol–water partition coefficient (Wildman–Crippen LogP) is 3.43. The van der Waals surface area contributed by atoms with E-state index in [4.69, 9.17) is 11.6 Å². The van der Waals surface area contributed by atoms with E-state index in [1.165, 1.54) is 32.4 Å². The lowest BCUT2D eigenvalue weighted by atomic mass is 10.1. The van der Waals surface area contributed by atoms with E-state index in [1.54, 1.807) is 10.7 Å². The van der Waals surface area contributed by atoms with Crippen molar-refractivity contribution in [1.29, 1.82) is 0 Å². The highest BCUT2D eigenvalue weighted by atomic mass is 79.9. The minimum atomic E-state index is 0.474. The van der Waals surface area contributed by atoms with Gasteiger partial charge in [0.15, 0.2) is 5.65 Å². The topological polar surface area (TPSA) is 45.5 Å². The molecule has 3 heterocycles. The third-order valence-electron chi connectivity index (χ3n) is 3.80. The van der Waals surface area contributed by atoms with E-state index in [9.17, 15) is 0 Å². The number of likely N-dealkylation sites (tertiary alicyclic amines) is 1. The van der Waals surface area contributed by atoms with Crippen LogP contribution >= 0.6 is 27.5 Å². The second-order valence-corrected chi connectivity index (χ2v) is 6.62. The second kappa shape index (κ2) is 6.94. The normalized spacial score (nSPS) is 16.5. The van der Waals surface area contributed by atoms with E-state index in [0.717, 1.165) is 35.4 Å². The standard InChI is InChI=1S/C14H19BrClN5/c15-11-10-18-21-13(9-12(16)19-14(11)21)17-5-4-8-20-6-2-1-3-7-20/h9-10,17H,1-8H2. The number of rotatable bonds is 5. The van der Waals surface area contributed by atoms with Gasteiger partial charge in [-0.15, -0.1) is 0 Å². The Morgan fingerprint density at radius 1 is 1.29 bits per heavy atom. The molecule has 0 atom stereocenters. The molecule has 0 saturated carbocycles. The van der Waals surface area contributed by atoms with Gasteiger partial charge in [0, 0.05) is 12.6 Å². The number of aromatic nitrogens is 3. The minimum absolute atomic E-state index is 0.474. The summed E-state index contributed by atoms with van der Waals surface area (Å²) in [4.78, 5) is 6.81. The molecule has 0 amide bonds. The number of nitrogens with one attached hydrogen (secondary N) is 1. The Hall–Kier alpha value is -0.850. The van der Waals surface area contributed by atoms with Crippen LogP contribution in [0.4, 0.5) is 5.82 Å². The summed E-state index contributed by atoms with van der Waals surface area (Å²) in [5.74, 6) is 0.884. The Labute approximate surface area is 137 Å². The van der Waals surface area contributed by atoms with Crippen LogP contribution in [0.5, 0.6) is 0 Å². The number of hydrogen-bond donors (Lipinski definition) is 1. The monoisotopic (exact) mass is 371 g/mol. The average Bonchev–Trinajstić information content (AvgIpc) is 2.86. The van der Waals surface area contributed by atoms with E-state index in [0.29, 0.717) is 5.15 Å². The summed E-state index contributed by atoms with van der Waals surface area (Å²) in [6.07, 6.45) is 6.92. The Morgan fingerprint density at radius 3 is 2.90 bits per heavy atom. The highest BCUT2D eigenvalue weighted by Gasteiger charge is 2.11. The molecule has 1 saturated heterocycles. The maximum absolute atomic E-state index is 6.07. The molecule has 2 aromatic heterocycles. The lowest BCUT2D eigenvalue weighted by Gasteiger charge is -2.26. The first kappa shape index (κ1) is 15.1. The first-order valence-corrected chi connectivity index (χ1v) is 8.57. The summed E-state index contributed by atoms with van der Waals surface area (Å²) in [6.45, 7) is 4.55. The van der Waals surface area contributed by atoms with Gasteiger partial charge in [0.1, 0.15) is 11.0 Å². The molecule has 0 radical (unpaired) electrons. The minimum Gasteiger partial charge on any atom is -0.370 e. The molecule has 1 aliphatic rings. The first-order valence-electron chi connectivity index (χ1n) is 7.40. The molecule has 7 heteroatoms. The Bertz CT molecular complexity index is 609. The van der Waals surface area contributed by atoms with E-state index in [1.807, 2.05) is 6.07 Å². The van der Waals surface area contributed by atoms with Crippen molar-refractivity contribution in [3.63, 3.8) is 0 Å². The number of nitrogens with zero attached hydrogens (tertiary/aromatic N) is 4. The fraction of sp³-hybridized carbons (Fsp3) is 0.571. The summed E-state index contributed by atoms with van der Waals surface area (Å²) in [5, 5.41) is 8.19. The van der Waals surface area contributed by atoms with Crippen molar-refractivity contribution in [3.8, 4) is 0 Å². The van der Waals surface area contributed by atoms with Gasteiger partial charge in [-0.25, -0.2) is 4.98 Å². The van der Waals surface area contributed by atoms with Crippen molar-refractivity contribution >= 4 is 39.0 Å². The molecule has 1 fully saturated rings. The van der Waals surface area contributed by atoms with Crippen LogP contribution < -0.4 is 5.32 Å². The van der Waals surface area contributed by atoms with Crippen molar-refractivity contribution in [1.82, 2.24) is 19.5 Å². The third-order valence-corrected chi connectivity index (χ3v) is 4.56. The molecule has 1 aliphatic heterocycles. The quantitative estimate of drug-likeness (QED) is 0.645. The lowest BCUT2D eigenvalue weighted by Crippen LogP contribution is -2.31. The van der Waals surface area contributed by atoms with Crippen molar-refractivity contribution in [2.45, 2.75) is 25.7 Å². The number of hydrogen-bond acceptors (Lipinski definition) is 4. The summed E-state index contributed by atoms with van der Waals surface area (Å²) >= 11 is 9.50. The number of anilines is 1. The van der Waals surface area contributed by atoms with Crippen LogP contribution in [-0.2, 0) is 0 Å². The summed E-state index contributed by atoms with van der Waals surface area (Å²) in [7, 11) is 0. The van der Waals surface area contributed by atoms with Crippen molar-refractivity contribution in [2.24, 2.45) is 0 Å². The molecular formula is C14H19BrClN5. The fourth-order valence-electron chi connectivity index (χ4n) is 2.73. The summed E-state index contributed by atoms with van der Waals surface area (Å²) < 4.78 is 2.62. The van der Waals surface area contributed by atoms with Gasteiger partial charge in [-0.1, -0.05) is 18.0 Å². The predicted molar refractivity (Wildman–Crippen MR) is 89.1 cm³/mol. The first-order chi connectivity index (χ1) is 10.2. The van der Waals surface area contributed by atoms with E-state index in [-0.39, 0.29) is 0 Å². The van der Waals surface area contributed by atoms with Gasteiger partial charge in [-0.3, -0.25) is 0 Å². The smallest absolute Gasteiger partial charge is 0.173 e. The number of piperidine rings is 1. The molecule has 0 aromatic carbocycles. The zero-order valence-electron chi connectivity index (χ0n) is 11.9. The van der Waals surface area contributed by atoms with Gasteiger partial charge in [0.25, 0.3) is 0 Å². The molecule has 3 rings (SSSR count). The Kier molecular flexibility index (Phi) is 4.98. The summed E-state index contributed by atoms with van der Waals surface area (Å²) in [5.41, 5.74) is 0.737. The molecule has 0 unspecified atom stereocenters. The Balaban J connectivity index is 1.57. The maximum atomic E-state index is 6.07. The van der Waals surface area contributed by atoms with Gasteiger partial charge in [0.2, 0.25) is 0 Å². The lowest BCUT2D eigenvalue weighted by molar-refractivity contribution is 0.228. The van der Waals surface area contributed by atoms with Gasteiger partial charge < -0.3 is 10.2 Å². The highest BCUT2D eigenvalue weighted by Crippen LogP contribution is 2.22. The zero-order chi connectivity index (χ0) is 14.7. The van der Waals surface area contributed by atoms with Crippen LogP contribution in [0.1, 0.15) is 25.7 Å². The average molecular weight is 373 g/mol. The van der Waals surface area contributed by atoms with Crippen molar-refractivity contribution < 1.29 is 0 Å². The van der Waals surface area contributed by atoms with Gasteiger partial charge >= 0.3 is 0 Å². The fourth-order valence-corrected chi connectivity index (χ4v) is 3.27. The molecule has 0 bridgehead atoms. The molecule has 5 nitrogen and oxygen atoms in total. The van der Waals surface area contributed by atoms with E-state index in [2.05, 4.69) is 36.2 Å². The van der Waals surface area contributed by atoms with Crippen LogP contribution in [0.25, 0.3) is 5.65 Å². The van der Waals surface area contributed by atoms with Crippen LogP contribution in [0.2, 0.25) is 5.15 Å². The van der Waals surface area contributed by atoms with Crippen LogP contribution in [0, 0.1) is 0 Å². The second-order valence-electron chi connectivity index (χ2n) is 5.37. The van der Waals surface area contributed by atoms with Crippen LogP contribution in [-0.4, -0.2) is 45.7 Å². The molecule has 1 N–H and O–H groups in total. The molecule has 21 heavy (non-hydrogen) atoms. The van der Waals surface area contributed by atoms with Gasteiger partial charge in [-0.05, 0) is 54.8 Å². The number of fused-ring (bicyclic) bond motifs is 1. The van der Waals surface area contributed by atoms with Gasteiger partial charge in [-0.2, -0.15) is 9.61 Å². The Morgan fingerprint density at radius 2 is 2.10 bits per heavy atom. The molecule has 2 aromatic rings. The molecule has 0 spiro atoms. The summed E-state index contributed by atoms with van der Waals surface area (Å²) in [6, 6.07) is 1.81. The third kappa shape index (κ3) is 3.67. The number of halogens is 2. The molecule has 114 valence electrons. The molecular weight excluding hydrogens is 354 g/mol. The maximum Gasteiger partial charge on any atom is 0.173 e. The van der Waals surface area contributed by atoms with E-state index >= 15 is 0 Å². The highest BCUT2D eigenvalue weighted by molar-refractivity contribution is 9.10. The largest absolute Gasteiger partial charge is 0.370 e. The van der Waals surface area contributed by atoms with Crippen LogP contribution in [0.15, 0.2) is 16.7 Å². The molecule has 0 aliphatic carbocycles. The SMILES string of the molecule is Clc1cc(NCCCN2CCCCC2)n2ncc(Br)c2n1. The van der Waals surface area contributed by atoms with Crippen LogP contribution in [0.3, 0.4) is 0 Å². The van der Waals surface area contributed by atoms with Crippen molar-refractivity contribution in [3.05, 3.63) is 21.9 Å². The van der Waals surface area contributed by atoms with Gasteiger partial charge in [0.05, 0.1) is 10.7 Å². The zero-order valence-corrected chi connectivity index (χ0v) is 14.2. The van der Waals surface area contributed by atoms with Crippen molar-refractivity contribution in [2.75, 3.05) is 31.5 Å².